The van der Waals surface area contributed by atoms with Crippen LogP contribution in [0.5, 0.6) is 5.75 Å². The van der Waals surface area contributed by atoms with Crippen molar-refractivity contribution < 1.29 is 22.4 Å². The van der Waals surface area contributed by atoms with E-state index in [9.17, 15) is 13.2 Å². The zero-order valence-electron chi connectivity index (χ0n) is 17.6. The number of methoxy groups -OCH3 is 1. The van der Waals surface area contributed by atoms with E-state index in [4.69, 9.17) is 9.15 Å². The molecule has 0 radical (unpaired) electrons. The van der Waals surface area contributed by atoms with Crippen molar-refractivity contribution in [2.45, 2.75) is 25.7 Å². The molecule has 0 atom stereocenters. The number of carbonyl (C=O) groups is 1. The van der Waals surface area contributed by atoms with Crippen LogP contribution in [0.15, 0.2) is 57.8 Å². The van der Waals surface area contributed by atoms with Gasteiger partial charge >= 0.3 is 0 Å². The van der Waals surface area contributed by atoms with E-state index in [1.165, 1.54) is 14.0 Å². The van der Waals surface area contributed by atoms with Crippen molar-refractivity contribution in [3.8, 4) is 5.75 Å². The van der Waals surface area contributed by atoms with Crippen LogP contribution >= 0.6 is 0 Å². The van der Waals surface area contributed by atoms with E-state index in [2.05, 4.69) is 10.0 Å². The lowest BCUT2D eigenvalue weighted by Crippen LogP contribution is -2.17. The minimum Gasteiger partial charge on any atom is -0.495 e. The number of fused-ring (bicyclic) bond motifs is 3. The van der Waals surface area contributed by atoms with Crippen LogP contribution in [0.2, 0.25) is 0 Å². The summed E-state index contributed by atoms with van der Waals surface area (Å²) in [4.78, 5) is 11.5. The standard InChI is InChI=1S/C23H22N2O5S/c1-13-9-16(24-15(3)26)10-14(2)23(13)31(27,28)25-19-12-21-18(11-22(19)29-4)17-7-5-6-8-20(17)30-21/h5-12,25H,1-4H3,(H,24,26). The van der Waals surface area contributed by atoms with E-state index in [1.807, 2.05) is 24.3 Å². The molecule has 7 nitrogen and oxygen atoms in total. The molecule has 31 heavy (non-hydrogen) atoms. The largest absolute Gasteiger partial charge is 0.495 e. The summed E-state index contributed by atoms with van der Waals surface area (Å²) in [5.41, 5.74) is 3.11. The smallest absolute Gasteiger partial charge is 0.262 e. The molecule has 4 rings (SSSR count). The van der Waals surface area contributed by atoms with Crippen LogP contribution in [-0.2, 0) is 14.8 Å². The average molecular weight is 439 g/mol. The number of anilines is 2. The second-order valence-electron chi connectivity index (χ2n) is 7.37. The number of hydrogen-bond acceptors (Lipinski definition) is 5. The van der Waals surface area contributed by atoms with Crippen LogP contribution in [0.3, 0.4) is 0 Å². The Bertz CT molecular complexity index is 1410. The highest BCUT2D eigenvalue weighted by Gasteiger charge is 2.23. The quantitative estimate of drug-likeness (QED) is 0.458. The second kappa shape index (κ2) is 7.63. The lowest BCUT2D eigenvalue weighted by molar-refractivity contribution is -0.114. The number of benzene rings is 3. The summed E-state index contributed by atoms with van der Waals surface area (Å²) in [5.74, 6) is 0.157. The van der Waals surface area contributed by atoms with Gasteiger partial charge in [-0.2, -0.15) is 0 Å². The van der Waals surface area contributed by atoms with Gasteiger partial charge < -0.3 is 14.5 Å². The van der Waals surface area contributed by atoms with Gasteiger partial charge in [-0.15, -0.1) is 0 Å². The molecule has 0 fully saturated rings. The summed E-state index contributed by atoms with van der Waals surface area (Å²) in [5, 5.41) is 4.44. The fourth-order valence-electron chi connectivity index (χ4n) is 3.85. The first-order valence-corrected chi connectivity index (χ1v) is 11.1. The Morgan fingerprint density at radius 2 is 1.65 bits per heavy atom. The number of carbonyl (C=O) groups excluding carboxylic acids is 1. The molecule has 1 heterocycles. The molecule has 1 amide bonds. The zero-order valence-corrected chi connectivity index (χ0v) is 18.4. The molecule has 8 heteroatoms. The van der Waals surface area contributed by atoms with Crippen molar-refractivity contribution in [3.63, 3.8) is 0 Å². The molecule has 0 bridgehead atoms. The summed E-state index contributed by atoms with van der Waals surface area (Å²) < 4.78 is 40.5. The molecule has 160 valence electrons. The average Bonchev–Trinajstić information content (AvgIpc) is 3.02. The summed E-state index contributed by atoms with van der Waals surface area (Å²) in [6.07, 6.45) is 0. The number of para-hydroxylation sites is 1. The molecule has 3 aromatic carbocycles. The predicted molar refractivity (Wildman–Crippen MR) is 121 cm³/mol. The number of ether oxygens (including phenoxy) is 1. The SMILES string of the molecule is COc1cc2c(cc1NS(=O)(=O)c1c(C)cc(NC(C)=O)cc1C)oc1ccccc12. The molecule has 2 N–H and O–H groups in total. The lowest BCUT2D eigenvalue weighted by atomic mass is 10.1. The summed E-state index contributed by atoms with van der Waals surface area (Å²) in [6, 6.07) is 14.2. The highest BCUT2D eigenvalue weighted by atomic mass is 32.2. The van der Waals surface area contributed by atoms with Gasteiger partial charge in [0, 0.05) is 29.4 Å². The normalized spacial score (nSPS) is 11.6. The highest BCUT2D eigenvalue weighted by molar-refractivity contribution is 7.92. The Balaban J connectivity index is 1.79. The maximum absolute atomic E-state index is 13.3. The number of furan rings is 1. The molecule has 1 aromatic heterocycles. The summed E-state index contributed by atoms with van der Waals surface area (Å²) in [7, 11) is -2.45. The molecule has 0 saturated heterocycles. The van der Waals surface area contributed by atoms with E-state index >= 15 is 0 Å². The third-order valence-corrected chi connectivity index (χ3v) is 6.66. The first-order chi connectivity index (χ1) is 14.7. The van der Waals surface area contributed by atoms with Gasteiger partial charge in [0.2, 0.25) is 5.91 Å². The van der Waals surface area contributed by atoms with Crippen LogP contribution in [-0.4, -0.2) is 21.4 Å². The molecule has 0 aliphatic carbocycles. The first kappa shape index (κ1) is 20.7. The van der Waals surface area contributed by atoms with Crippen molar-refractivity contribution in [1.29, 1.82) is 0 Å². The van der Waals surface area contributed by atoms with Crippen molar-refractivity contribution in [2.24, 2.45) is 0 Å². The summed E-state index contributed by atoms with van der Waals surface area (Å²) >= 11 is 0. The molecule has 0 spiro atoms. The number of rotatable bonds is 5. The monoisotopic (exact) mass is 438 g/mol. The Hall–Kier alpha value is -3.52. The molecule has 0 unspecified atom stereocenters. The number of hydrogen-bond donors (Lipinski definition) is 2. The first-order valence-electron chi connectivity index (χ1n) is 9.60. The van der Waals surface area contributed by atoms with Gasteiger partial charge in [-0.25, -0.2) is 8.42 Å². The Kier molecular flexibility index (Phi) is 5.10. The Morgan fingerprint density at radius 3 is 2.29 bits per heavy atom. The van der Waals surface area contributed by atoms with Crippen LogP contribution in [0.4, 0.5) is 11.4 Å². The Labute approximate surface area is 180 Å². The fraction of sp³-hybridized carbons (Fsp3) is 0.174. The minimum atomic E-state index is -3.94. The zero-order chi connectivity index (χ0) is 22.3. The third kappa shape index (κ3) is 3.82. The molecular weight excluding hydrogens is 416 g/mol. The topological polar surface area (TPSA) is 97.6 Å². The van der Waals surface area contributed by atoms with Crippen molar-refractivity contribution in [1.82, 2.24) is 0 Å². The van der Waals surface area contributed by atoms with Gasteiger partial charge in [-0.1, -0.05) is 18.2 Å². The maximum atomic E-state index is 13.3. The van der Waals surface area contributed by atoms with E-state index in [0.29, 0.717) is 33.7 Å². The van der Waals surface area contributed by atoms with Crippen LogP contribution in [0, 0.1) is 13.8 Å². The number of aryl methyl sites for hydroxylation is 2. The predicted octanol–water partition coefficient (Wildman–Crippen LogP) is 4.97. The van der Waals surface area contributed by atoms with E-state index in [1.54, 1.807) is 38.1 Å². The van der Waals surface area contributed by atoms with Crippen LogP contribution in [0.1, 0.15) is 18.1 Å². The fourth-order valence-corrected chi connectivity index (χ4v) is 5.36. The molecule has 4 aromatic rings. The Morgan fingerprint density at radius 1 is 0.968 bits per heavy atom. The highest BCUT2D eigenvalue weighted by Crippen LogP contribution is 2.37. The van der Waals surface area contributed by atoms with E-state index in [-0.39, 0.29) is 16.5 Å². The van der Waals surface area contributed by atoms with Crippen molar-refractivity contribution in [3.05, 3.63) is 59.7 Å². The van der Waals surface area contributed by atoms with Gasteiger partial charge in [0.05, 0.1) is 17.7 Å². The van der Waals surface area contributed by atoms with Gasteiger partial charge in [0.15, 0.2) is 0 Å². The van der Waals surface area contributed by atoms with Crippen LogP contribution in [0.25, 0.3) is 21.9 Å². The van der Waals surface area contributed by atoms with Gasteiger partial charge in [-0.05, 0) is 49.2 Å². The van der Waals surface area contributed by atoms with Crippen molar-refractivity contribution in [2.75, 3.05) is 17.1 Å². The molecular formula is C23H22N2O5S. The molecule has 0 aliphatic rings. The van der Waals surface area contributed by atoms with Gasteiger partial charge in [0.25, 0.3) is 10.0 Å². The lowest BCUT2D eigenvalue weighted by Gasteiger charge is -2.16. The van der Waals surface area contributed by atoms with Gasteiger partial charge in [-0.3, -0.25) is 9.52 Å². The maximum Gasteiger partial charge on any atom is 0.262 e. The number of amides is 1. The second-order valence-corrected chi connectivity index (χ2v) is 8.99. The number of nitrogens with one attached hydrogen (secondary N) is 2. The summed E-state index contributed by atoms with van der Waals surface area (Å²) in [6.45, 7) is 4.77. The molecule has 0 aliphatic heterocycles. The van der Waals surface area contributed by atoms with Gasteiger partial charge in [0.1, 0.15) is 16.9 Å². The third-order valence-electron chi connectivity index (χ3n) is 4.99. The number of sulfonamides is 1. The minimum absolute atomic E-state index is 0.147. The molecule has 0 saturated carbocycles. The van der Waals surface area contributed by atoms with E-state index in [0.717, 1.165) is 10.8 Å². The van der Waals surface area contributed by atoms with E-state index < -0.39 is 10.0 Å². The van der Waals surface area contributed by atoms with Crippen LogP contribution < -0.4 is 14.8 Å². The van der Waals surface area contributed by atoms with Crippen molar-refractivity contribution >= 4 is 49.2 Å².